The Morgan fingerprint density at radius 1 is 0.741 bits per heavy atom. The van der Waals surface area contributed by atoms with E-state index in [1.54, 1.807) is 0 Å². The van der Waals surface area contributed by atoms with Crippen LogP contribution in [0.1, 0.15) is 20.7 Å². The average Bonchev–Trinajstić information content (AvgIpc) is 2.61. The van der Waals surface area contributed by atoms with Crippen molar-refractivity contribution in [1.82, 2.24) is 0 Å². The minimum absolute atomic E-state index is 0.0586. The third-order valence-electron chi connectivity index (χ3n) is 2.88. The van der Waals surface area contributed by atoms with Gasteiger partial charge in [0.15, 0.2) is 0 Å². The van der Waals surface area contributed by atoms with Crippen molar-refractivity contribution in [2.75, 3.05) is 0 Å². The lowest BCUT2D eigenvalue weighted by atomic mass is 10.2. The van der Waals surface area contributed by atoms with E-state index in [0.29, 0.717) is 6.07 Å². The number of aromatic carboxylic acids is 1. The van der Waals surface area contributed by atoms with Crippen LogP contribution < -0.4 is 0 Å². The molecule has 0 aliphatic rings. The molecule has 0 heterocycles. The summed E-state index contributed by atoms with van der Waals surface area (Å²) in [7, 11) is 0. The van der Waals surface area contributed by atoms with Crippen LogP contribution >= 0.6 is 11.6 Å². The molecule has 12 nitrogen and oxygen atoms in total. The van der Waals surface area contributed by atoms with Gasteiger partial charge >= 0.3 is 5.97 Å². The summed E-state index contributed by atoms with van der Waals surface area (Å²) < 4.78 is 0. The van der Waals surface area contributed by atoms with Gasteiger partial charge < -0.3 is 5.11 Å². The third kappa shape index (κ3) is 6.13. The molecule has 13 heteroatoms. The molecule has 27 heavy (non-hydrogen) atoms. The van der Waals surface area contributed by atoms with E-state index in [2.05, 4.69) is 0 Å². The van der Waals surface area contributed by atoms with Crippen LogP contribution in [-0.2, 0) is 0 Å². The van der Waals surface area contributed by atoms with Crippen LogP contribution in [0.25, 0.3) is 0 Å². The molecule has 0 amide bonds. The first kappa shape index (κ1) is 21.1. The molecule has 140 valence electrons. The summed E-state index contributed by atoms with van der Waals surface area (Å²) in [6.45, 7) is 0. The third-order valence-corrected chi connectivity index (χ3v) is 3.09. The number of nitro benzene ring substituents is 3. The quantitative estimate of drug-likeness (QED) is 0.449. The molecule has 0 radical (unpaired) electrons. The molecule has 0 aliphatic carbocycles. The molecular formula is C14H8ClN3O9. The molecule has 0 saturated heterocycles. The first-order chi connectivity index (χ1) is 12.5. The number of carboxylic acids is 1. The van der Waals surface area contributed by atoms with Crippen molar-refractivity contribution >= 4 is 39.9 Å². The zero-order valence-electron chi connectivity index (χ0n) is 13.0. The van der Waals surface area contributed by atoms with Gasteiger partial charge in [0.2, 0.25) is 0 Å². The van der Waals surface area contributed by atoms with Crippen molar-refractivity contribution in [3.8, 4) is 0 Å². The van der Waals surface area contributed by atoms with E-state index in [4.69, 9.17) is 16.7 Å². The van der Waals surface area contributed by atoms with Crippen molar-refractivity contribution in [1.29, 1.82) is 0 Å². The van der Waals surface area contributed by atoms with Gasteiger partial charge in [-0.05, 0) is 23.7 Å². The number of halogens is 1. The van der Waals surface area contributed by atoms with E-state index >= 15 is 0 Å². The molecule has 0 fully saturated rings. The number of benzene rings is 2. The van der Waals surface area contributed by atoms with E-state index in [0.717, 1.165) is 12.1 Å². The highest BCUT2D eigenvalue weighted by molar-refractivity contribution is 6.67. The minimum atomic E-state index is -1.46. The topological polar surface area (TPSA) is 184 Å². The fourth-order valence-electron chi connectivity index (χ4n) is 1.64. The Kier molecular flexibility index (Phi) is 7.01. The number of carbonyl (C=O) groups is 2. The second kappa shape index (κ2) is 8.96. The van der Waals surface area contributed by atoms with Gasteiger partial charge in [0.05, 0.1) is 26.4 Å². The summed E-state index contributed by atoms with van der Waals surface area (Å²) in [4.78, 5) is 49.6. The SMILES string of the molecule is O=C(Cl)c1ccc([N+](=O)[O-])cc1.O=C(O)c1cc([N+](=O)[O-])cc([N+](=O)[O-])c1. The van der Waals surface area contributed by atoms with E-state index in [1.165, 1.54) is 24.3 Å². The van der Waals surface area contributed by atoms with Crippen LogP contribution in [-0.4, -0.2) is 31.1 Å². The zero-order chi connectivity index (χ0) is 20.7. The number of hydrogen-bond donors (Lipinski definition) is 1. The predicted molar refractivity (Wildman–Crippen MR) is 90.0 cm³/mol. The first-order valence-electron chi connectivity index (χ1n) is 6.64. The molecule has 0 unspecified atom stereocenters. The van der Waals surface area contributed by atoms with Gasteiger partial charge in [-0.25, -0.2) is 4.79 Å². The fraction of sp³-hybridized carbons (Fsp3) is 0. The number of nitrogens with zero attached hydrogens (tertiary/aromatic N) is 3. The molecule has 0 bridgehead atoms. The minimum Gasteiger partial charge on any atom is -0.478 e. The van der Waals surface area contributed by atoms with Crippen LogP contribution in [0.5, 0.6) is 0 Å². The number of non-ortho nitro benzene ring substituents is 3. The number of carboxylic acid groups (broad SMARTS) is 1. The zero-order valence-corrected chi connectivity index (χ0v) is 13.7. The number of carbonyl (C=O) groups excluding carboxylic acids is 1. The summed E-state index contributed by atoms with van der Waals surface area (Å²) >= 11 is 5.13. The predicted octanol–water partition coefficient (Wildman–Crippen LogP) is 3.18. The molecule has 0 spiro atoms. The normalized spacial score (nSPS) is 9.52. The molecule has 1 N–H and O–H groups in total. The number of rotatable bonds is 5. The molecule has 2 aromatic carbocycles. The number of nitro groups is 3. The van der Waals surface area contributed by atoms with Crippen molar-refractivity contribution < 1.29 is 29.5 Å². The fourth-order valence-corrected chi connectivity index (χ4v) is 1.77. The van der Waals surface area contributed by atoms with Crippen molar-refractivity contribution in [2.24, 2.45) is 0 Å². The maximum absolute atomic E-state index is 10.5. The van der Waals surface area contributed by atoms with Gasteiger partial charge in [-0.15, -0.1) is 0 Å². The van der Waals surface area contributed by atoms with Gasteiger partial charge in [-0.3, -0.25) is 35.1 Å². The molecule has 0 aliphatic heterocycles. The first-order valence-corrected chi connectivity index (χ1v) is 7.02. The Labute approximate surface area is 154 Å². The van der Waals surface area contributed by atoms with E-state index in [1.807, 2.05) is 0 Å². The summed E-state index contributed by atoms with van der Waals surface area (Å²) in [5, 5.41) is 38.8. The van der Waals surface area contributed by atoms with Gasteiger partial charge in [0, 0.05) is 29.8 Å². The Hall–Kier alpha value is -3.93. The lowest BCUT2D eigenvalue weighted by Gasteiger charge is -1.96. The summed E-state index contributed by atoms with van der Waals surface area (Å²) in [5.41, 5.74) is -1.54. The highest BCUT2D eigenvalue weighted by Crippen LogP contribution is 2.22. The van der Waals surface area contributed by atoms with Crippen LogP contribution in [0.2, 0.25) is 0 Å². The van der Waals surface area contributed by atoms with Crippen LogP contribution in [0.4, 0.5) is 17.1 Å². The lowest BCUT2D eigenvalue weighted by Crippen LogP contribution is -2.00. The molecule has 0 atom stereocenters. The van der Waals surface area contributed by atoms with Crippen molar-refractivity contribution in [3.63, 3.8) is 0 Å². The van der Waals surface area contributed by atoms with E-state index in [-0.39, 0.29) is 11.3 Å². The van der Waals surface area contributed by atoms with E-state index < -0.39 is 42.9 Å². The maximum atomic E-state index is 10.5. The Balaban J connectivity index is 0.000000277. The average molecular weight is 398 g/mol. The molecule has 2 rings (SSSR count). The second-order valence-corrected chi connectivity index (χ2v) is 4.98. The lowest BCUT2D eigenvalue weighted by molar-refractivity contribution is -0.394. The van der Waals surface area contributed by atoms with Gasteiger partial charge in [0.25, 0.3) is 22.3 Å². The maximum Gasteiger partial charge on any atom is 0.336 e. The largest absolute Gasteiger partial charge is 0.478 e. The number of hydrogen-bond acceptors (Lipinski definition) is 8. The highest BCUT2D eigenvalue weighted by atomic mass is 35.5. The standard InChI is InChI=1S/C7H4ClNO3.C7H4N2O6/c8-7(10)5-1-3-6(4-2-5)9(11)12;10-7(11)4-1-5(8(12)13)3-6(2-4)9(14)15/h1-4H;1-3H,(H,10,11). The van der Waals surface area contributed by atoms with Gasteiger partial charge in [-0.2, -0.15) is 0 Å². The Bertz CT molecular complexity index is 816. The monoisotopic (exact) mass is 397 g/mol. The summed E-state index contributed by atoms with van der Waals surface area (Å²) in [5.74, 6) is -1.46. The smallest absolute Gasteiger partial charge is 0.336 e. The van der Waals surface area contributed by atoms with Crippen LogP contribution in [0.3, 0.4) is 0 Å². The molecule has 0 aromatic heterocycles. The summed E-state index contributed by atoms with van der Waals surface area (Å²) in [6, 6.07) is 7.31. The summed E-state index contributed by atoms with van der Waals surface area (Å²) in [6.07, 6.45) is 0. The Morgan fingerprint density at radius 2 is 1.15 bits per heavy atom. The molecular weight excluding hydrogens is 390 g/mol. The second-order valence-electron chi connectivity index (χ2n) is 4.64. The highest BCUT2D eigenvalue weighted by Gasteiger charge is 2.19. The van der Waals surface area contributed by atoms with E-state index in [9.17, 15) is 39.9 Å². The van der Waals surface area contributed by atoms with Crippen molar-refractivity contribution in [3.05, 3.63) is 83.9 Å². The van der Waals surface area contributed by atoms with Crippen LogP contribution in [0.15, 0.2) is 42.5 Å². The molecule has 0 saturated carbocycles. The van der Waals surface area contributed by atoms with Gasteiger partial charge in [0.1, 0.15) is 0 Å². The van der Waals surface area contributed by atoms with Crippen LogP contribution in [0, 0.1) is 30.3 Å². The Morgan fingerprint density at radius 3 is 1.44 bits per heavy atom. The van der Waals surface area contributed by atoms with Gasteiger partial charge in [-0.1, -0.05) is 0 Å². The molecule has 2 aromatic rings. The van der Waals surface area contributed by atoms with Crippen molar-refractivity contribution in [2.45, 2.75) is 0 Å².